The van der Waals surface area contributed by atoms with E-state index >= 15 is 0 Å². The quantitative estimate of drug-likeness (QED) is 0.489. The number of halogens is 2. The number of benzene rings is 2. The lowest BCUT2D eigenvalue weighted by Gasteiger charge is -2.10. The van der Waals surface area contributed by atoms with Crippen LogP contribution in [0.3, 0.4) is 0 Å². The van der Waals surface area contributed by atoms with Crippen molar-refractivity contribution in [3.8, 4) is 11.5 Å². The van der Waals surface area contributed by atoms with Crippen molar-refractivity contribution < 1.29 is 13.9 Å². The van der Waals surface area contributed by atoms with Crippen LogP contribution in [0.15, 0.2) is 60.9 Å². The number of nitrogens with one attached hydrogen (secondary N) is 1. The zero-order chi connectivity index (χ0) is 19.0. The van der Waals surface area contributed by atoms with Crippen LogP contribution in [0, 0.1) is 5.82 Å². The Hall–Kier alpha value is -3.38. The Bertz CT molecular complexity index is 1140. The van der Waals surface area contributed by atoms with Crippen molar-refractivity contribution in [1.82, 2.24) is 9.97 Å². The van der Waals surface area contributed by atoms with Crippen LogP contribution in [0.25, 0.3) is 11.0 Å². The van der Waals surface area contributed by atoms with Gasteiger partial charge in [-0.15, -0.1) is 0 Å². The number of carbonyl (C=O) groups is 1. The van der Waals surface area contributed by atoms with E-state index in [4.69, 9.17) is 22.1 Å². The highest BCUT2D eigenvalue weighted by Gasteiger charge is 2.23. The van der Waals surface area contributed by atoms with Gasteiger partial charge in [-0.2, -0.15) is 0 Å². The summed E-state index contributed by atoms with van der Waals surface area (Å²) in [5, 5.41) is 0.380. The van der Waals surface area contributed by atoms with Crippen LogP contribution in [0.2, 0.25) is 5.02 Å². The first kappa shape index (κ1) is 17.1. The number of nitrogens with zero attached hydrogens (tertiary/aromatic N) is 1. The molecule has 4 aromatic rings. The third kappa shape index (κ3) is 3.11. The molecule has 0 fully saturated rings. The van der Waals surface area contributed by atoms with E-state index in [9.17, 15) is 9.18 Å². The van der Waals surface area contributed by atoms with E-state index in [-0.39, 0.29) is 21.9 Å². The molecule has 0 atom stereocenters. The molecular formula is C20H13ClFN3O2. The van der Waals surface area contributed by atoms with Gasteiger partial charge in [-0.1, -0.05) is 29.8 Å². The predicted octanol–water partition coefficient (Wildman–Crippen LogP) is 4.96. The van der Waals surface area contributed by atoms with Crippen molar-refractivity contribution >= 4 is 34.1 Å². The Morgan fingerprint density at radius 2 is 1.93 bits per heavy atom. The summed E-state index contributed by atoms with van der Waals surface area (Å²) in [6.07, 6.45) is 2.96. The van der Waals surface area contributed by atoms with Gasteiger partial charge in [0.2, 0.25) is 0 Å². The van der Waals surface area contributed by atoms with Crippen molar-refractivity contribution in [3.63, 3.8) is 0 Å². The van der Waals surface area contributed by atoms with Crippen LogP contribution < -0.4 is 10.5 Å². The van der Waals surface area contributed by atoms with Gasteiger partial charge in [-0.3, -0.25) is 4.79 Å². The average molecular weight is 382 g/mol. The molecule has 0 aliphatic rings. The molecule has 0 saturated carbocycles. The number of nitrogens with two attached hydrogens (primary N) is 1. The third-order valence-corrected chi connectivity index (χ3v) is 4.37. The fourth-order valence-electron chi connectivity index (χ4n) is 2.85. The Morgan fingerprint density at radius 1 is 1.15 bits per heavy atom. The molecule has 7 heteroatoms. The number of ketones is 1. The van der Waals surface area contributed by atoms with Crippen molar-refractivity contribution in [2.45, 2.75) is 0 Å². The van der Waals surface area contributed by atoms with Crippen LogP contribution in [0.5, 0.6) is 11.5 Å². The molecule has 0 spiro atoms. The Labute approximate surface area is 158 Å². The monoisotopic (exact) mass is 381 g/mol. The minimum atomic E-state index is -0.782. The minimum Gasteiger partial charge on any atom is -0.457 e. The first-order chi connectivity index (χ1) is 13.0. The second-order valence-corrected chi connectivity index (χ2v) is 6.24. The first-order valence-electron chi connectivity index (χ1n) is 8.03. The van der Waals surface area contributed by atoms with E-state index in [1.54, 1.807) is 30.3 Å². The standard InChI is InChI=1S/C20H13ClFN3O2/c21-14-8-12(27-11-4-2-1-3-5-11)9-15(22)18(14)19(26)13-10-25-20-17(13)16(23)6-7-24-20/h1-10H,(H3,23,24,25). The average Bonchev–Trinajstić information content (AvgIpc) is 3.07. The van der Waals surface area contributed by atoms with Gasteiger partial charge in [0.25, 0.3) is 0 Å². The lowest BCUT2D eigenvalue weighted by Crippen LogP contribution is -2.06. The molecule has 0 aliphatic heterocycles. The smallest absolute Gasteiger partial charge is 0.199 e. The first-order valence-corrected chi connectivity index (χ1v) is 8.40. The summed E-state index contributed by atoms with van der Waals surface area (Å²) in [7, 11) is 0. The fraction of sp³-hybridized carbons (Fsp3) is 0. The Kier molecular flexibility index (Phi) is 4.25. The molecule has 0 bridgehead atoms. The number of nitrogen functional groups attached to an aromatic ring is 1. The van der Waals surface area contributed by atoms with Crippen LogP contribution in [0.4, 0.5) is 10.1 Å². The molecule has 3 N–H and O–H groups in total. The molecule has 0 radical (unpaired) electrons. The second-order valence-electron chi connectivity index (χ2n) is 5.83. The zero-order valence-electron chi connectivity index (χ0n) is 13.9. The van der Waals surface area contributed by atoms with Gasteiger partial charge in [-0.25, -0.2) is 9.37 Å². The number of hydrogen-bond acceptors (Lipinski definition) is 4. The van der Waals surface area contributed by atoms with E-state index in [0.717, 1.165) is 6.07 Å². The maximum absolute atomic E-state index is 14.7. The summed E-state index contributed by atoms with van der Waals surface area (Å²) in [4.78, 5) is 19.9. The molecule has 5 nitrogen and oxygen atoms in total. The normalized spacial score (nSPS) is 10.9. The number of aromatic nitrogens is 2. The fourth-order valence-corrected chi connectivity index (χ4v) is 3.13. The number of pyridine rings is 1. The van der Waals surface area contributed by atoms with E-state index < -0.39 is 11.6 Å². The number of aromatic amines is 1. The molecular weight excluding hydrogens is 369 g/mol. The van der Waals surface area contributed by atoms with Crippen molar-refractivity contribution in [2.75, 3.05) is 5.73 Å². The van der Waals surface area contributed by atoms with E-state index in [2.05, 4.69) is 9.97 Å². The number of hydrogen-bond donors (Lipinski definition) is 2. The number of anilines is 1. The largest absolute Gasteiger partial charge is 0.457 e. The van der Waals surface area contributed by atoms with Gasteiger partial charge < -0.3 is 15.5 Å². The summed E-state index contributed by atoms with van der Waals surface area (Å²) in [5.41, 5.74) is 6.71. The number of fused-ring (bicyclic) bond motifs is 1. The van der Waals surface area contributed by atoms with Crippen molar-refractivity contribution in [3.05, 3.63) is 82.9 Å². The van der Waals surface area contributed by atoms with E-state index in [1.165, 1.54) is 18.5 Å². The lowest BCUT2D eigenvalue weighted by molar-refractivity contribution is 0.103. The third-order valence-electron chi connectivity index (χ3n) is 4.07. The SMILES string of the molecule is Nc1ccnc2[nH]cc(C(=O)c3c(F)cc(Oc4ccccc4)cc3Cl)c12. The number of para-hydroxylation sites is 1. The lowest BCUT2D eigenvalue weighted by atomic mass is 10.0. The topological polar surface area (TPSA) is 81.0 Å². The maximum atomic E-state index is 14.7. The molecule has 0 saturated heterocycles. The van der Waals surface area contributed by atoms with Gasteiger partial charge >= 0.3 is 0 Å². The van der Waals surface area contributed by atoms with E-state index in [0.29, 0.717) is 22.5 Å². The molecule has 27 heavy (non-hydrogen) atoms. The van der Waals surface area contributed by atoms with Crippen molar-refractivity contribution in [2.24, 2.45) is 0 Å². The molecule has 4 rings (SSSR count). The molecule has 134 valence electrons. The van der Waals surface area contributed by atoms with Gasteiger partial charge in [0.05, 0.1) is 21.5 Å². The van der Waals surface area contributed by atoms with Crippen molar-refractivity contribution in [1.29, 1.82) is 0 Å². The van der Waals surface area contributed by atoms with Gasteiger partial charge in [0, 0.05) is 30.2 Å². The predicted molar refractivity (Wildman–Crippen MR) is 102 cm³/mol. The number of ether oxygens (including phenoxy) is 1. The number of rotatable bonds is 4. The number of H-pyrrole nitrogens is 1. The summed E-state index contributed by atoms with van der Waals surface area (Å²) >= 11 is 6.21. The highest BCUT2D eigenvalue weighted by atomic mass is 35.5. The molecule has 2 heterocycles. The van der Waals surface area contributed by atoms with Crippen LogP contribution in [0.1, 0.15) is 15.9 Å². The summed E-state index contributed by atoms with van der Waals surface area (Å²) in [6, 6.07) is 13.0. The van der Waals surface area contributed by atoms with Crippen LogP contribution in [-0.2, 0) is 0 Å². The van der Waals surface area contributed by atoms with E-state index in [1.807, 2.05) is 6.07 Å². The van der Waals surface area contributed by atoms with Gasteiger partial charge in [0.15, 0.2) is 5.78 Å². The molecule has 0 unspecified atom stereocenters. The highest BCUT2D eigenvalue weighted by molar-refractivity contribution is 6.36. The summed E-state index contributed by atoms with van der Waals surface area (Å²) < 4.78 is 20.3. The van der Waals surface area contributed by atoms with Crippen LogP contribution >= 0.6 is 11.6 Å². The Balaban J connectivity index is 1.74. The maximum Gasteiger partial charge on any atom is 0.199 e. The highest BCUT2D eigenvalue weighted by Crippen LogP contribution is 2.32. The summed E-state index contributed by atoms with van der Waals surface area (Å²) in [6.45, 7) is 0. The Morgan fingerprint density at radius 3 is 2.67 bits per heavy atom. The van der Waals surface area contributed by atoms with Crippen LogP contribution in [-0.4, -0.2) is 15.8 Å². The van der Waals surface area contributed by atoms with Gasteiger partial charge in [-0.05, 0) is 18.2 Å². The molecule has 0 amide bonds. The zero-order valence-corrected chi connectivity index (χ0v) is 14.6. The van der Waals surface area contributed by atoms with Gasteiger partial charge in [0.1, 0.15) is 23.0 Å². The molecule has 2 aromatic heterocycles. The second kappa shape index (κ2) is 6.74. The minimum absolute atomic E-state index is 0.0530. The molecule has 0 aliphatic carbocycles. The molecule has 2 aromatic carbocycles. The number of carbonyl (C=O) groups excluding carboxylic acids is 1. The summed E-state index contributed by atoms with van der Waals surface area (Å²) in [5.74, 6) is -0.646.